The Morgan fingerprint density at radius 2 is 2.12 bits per heavy atom. The lowest BCUT2D eigenvalue weighted by Crippen LogP contribution is -2.19. The summed E-state index contributed by atoms with van der Waals surface area (Å²) in [6.07, 6.45) is 5.57. The molecule has 1 atom stereocenters. The maximum atomic E-state index is 12.2. The number of oxime groups is 1. The largest absolute Gasteiger partial charge is 0.386 e. The molecule has 0 spiro atoms. The summed E-state index contributed by atoms with van der Waals surface area (Å²) in [6.45, 7) is 0. The van der Waals surface area contributed by atoms with Gasteiger partial charge in [-0.25, -0.2) is 13.1 Å². The number of rotatable bonds is 5. The molecule has 0 bridgehead atoms. The monoisotopic (exact) mass is 433 g/mol. The minimum atomic E-state index is -3.57. The summed E-state index contributed by atoms with van der Waals surface area (Å²) in [7, 11) is -2.20. The van der Waals surface area contributed by atoms with Crippen LogP contribution in [0.2, 0.25) is 0 Å². The highest BCUT2D eigenvalue weighted by molar-refractivity contribution is 9.18. The number of nitrogens with one attached hydrogen (secondary N) is 2. The molecule has 3 rings (SSSR count). The molecule has 0 radical (unpaired) electrons. The number of sulfonamides is 1. The van der Waals surface area contributed by atoms with Gasteiger partial charge in [0, 0.05) is 28.9 Å². The van der Waals surface area contributed by atoms with Crippen molar-refractivity contribution in [1.82, 2.24) is 4.72 Å². The van der Waals surface area contributed by atoms with Gasteiger partial charge in [0.05, 0.1) is 4.90 Å². The van der Waals surface area contributed by atoms with Crippen LogP contribution in [0.4, 0.5) is 11.4 Å². The number of hydrogen-bond acceptors (Lipinski definition) is 5. The molecule has 8 heteroatoms. The Hall–Kier alpha value is -2.34. The summed E-state index contributed by atoms with van der Waals surface area (Å²) < 4.78 is 27.3. The molecule has 0 saturated carbocycles. The van der Waals surface area contributed by atoms with E-state index in [2.05, 4.69) is 37.0 Å². The van der Waals surface area contributed by atoms with Crippen molar-refractivity contribution in [3.63, 3.8) is 0 Å². The molecule has 0 unspecified atom stereocenters. The first-order valence-electron chi connectivity index (χ1n) is 7.72. The van der Waals surface area contributed by atoms with Gasteiger partial charge in [-0.1, -0.05) is 17.1 Å². The summed E-state index contributed by atoms with van der Waals surface area (Å²) in [5.41, 5.74) is 2.94. The van der Waals surface area contributed by atoms with Crippen molar-refractivity contribution in [3.8, 4) is 12.3 Å². The highest BCUT2D eigenvalue weighted by Gasteiger charge is 2.26. The van der Waals surface area contributed by atoms with Crippen LogP contribution in [0.25, 0.3) is 0 Å². The van der Waals surface area contributed by atoms with Gasteiger partial charge in [0.15, 0.2) is 6.10 Å². The molecular formula is C18H16BrN3O3S. The predicted octanol–water partition coefficient (Wildman–Crippen LogP) is 3.49. The van der Waals surface area contributed by atoms with Crippen LogP contribution in [0, 0.1) is 12.3 Å². The Kier molecular flexibility index (Phi) is 5.32. The smallest absolute Gasteiger partial charge is 0.240 e. The van der Waals surface area contributed by atoms with Gasteiger partial charge in [-0.2, -0.15) is 0 Å². The van der Waals surface area contributed by atoms with Gasteiger partial charge in [0.1, 0.15) is 4.62 Å². The minimum Gasteiger partial charge on any atom is -0.386 e. The van der Waals surface area contributed by atoms with Gasteiger partial charge in [0.25, 0.3) is 0 Å². The molecule has 2 N–H and O–H groups in total. The summed E-state index contributed by atoms with van der Waals surface area (Å²) in [6, 6.07) is 12.2. The third-order valence-corrected chi connectivity index (χ3v) is 5.77. The van der Waals surface area contributed by atoms with E-state index in [9.17, 15) is 8.42 Å². The molecule has 0 aromatic heterocycles. The first-order valence-corrected chi connectivity index (χ1v) is 10.00. The molecule has 26 heavy (non-hydrogen) atoms. The van der Waals surface area contributed by atoms with Crippen LogP contribution in [0.5, 0.6) is 0 Å². The second-order valence-electron chi connectivity index (χ2n) is 5.57. The summed E-state index contributed by atoms with van der Waals surface area (Å²) in [5, 5.41) is 7.17. The molecule has 0 aliphatic carbocycles. The normalized spacial score (nSPS) is 16.5. The highest BCUT2D eigenvalue weighted by Crippen LogP contribution is 2.36. The number of terminal acetylenes is 1. The molecule has 2 aromatic carbocycles. The fraction of sp³-hybridized carbons (Fsp3) is 0.167. The van der Waals surface area contributed by atoms with E-state index in [1.54, 1.807) is 12.1 Å². The Bertz CT molecular complexity index is 1010. The molecule has 6 nitrogen and oxygen atoms in total. The predicted molar refractivity (Wildman–Crippen MR) is 105 cm³/mol. The Morgan fingerprint density at radius 3 is 2.77 bits per heavy atom. The molecule has 1 aliphatic rings. The lowest BCUT2D eigenvalue weighted by Gasteiger charge is -2.17. The Morgan fingerprint density at radius 1 is 1.31 bits per heavy atom. The van der Waals surface area contributed by atoms with Gasteiger partial charge in [-0.3, -0.25) is 0 Å². The van der Waals surface area contributed by atoms with Crippen LogP contribution >= 0.6 is 15.9 Å². The lowest BCUT2D eigenvalue weighted by atomic mass is 10.0. The van der Waals surface area contributed by atoms with Gasteiger partial charge >= 0.3 is 0 Å². The van der Waals surface area contributed by atoms with Crippen molar-refractivity contribution in [2.75, 3.05) is 12.4 Å². The number of anilines is 2. The second kappa shape index (κ2) is 7.50. The number of hydrogen-bond donors (Lipinski definition) is 2. The Labute approximate surface area is 160 Å². The van der Waals surface area contributed by atoms with E-state index >= 15 is 0 Å². The van der Waals surface area contributed by atoms with E-state index in [1.165, 1.54) is 13.1 Å². The molecule has 0 amide bonds. The molecule has 1 aliphatic heterocycles. The second-order valence-corrected chi connectivity index (χ2v) is 8.37. The summed E-state index contributed by atoms with van der Waals surface area (Å²) in [4.78, 5) is 5.59. The molecule has 0 saturated heterocycles. The molecule has 134 valence electrons. The average molecular weight is 434 g/mol. The number of halogens is 1. The topological polar surface area (TPSA) is 79.8 Å². The summed E-state index contributed by atoms with van der Waals surface area (Å²) in [5.74, 6) is 2.59. The molecule has 1 heterocycles. The van der Waals surface area contributed by atoms with E-state index in [0.717, 1.165) is 16.9 Å². The van der Waals surface area contributed by atoms with E-state index in [4.69, 9.17) is 11.3 Å². The highest BCUT2D eigenvalue weighted by atomic mass is 79.9. The van der Waals surface area contributed by atoms with Crippen LogP contribution in [-0.2, 0) is 14.9 Å². The number of nitrogens with zero attached hydrogens (tertiary/aromatic N) is 1. The third-order valence-electron chi connectivity index (χ3n) is 3.89. The molecular weight excluding hydrogens is 418 g/mol. The quantitative estimate of drug-likeness (QED) is 0.707. The van der Waals surface area contributed by atoms with E-state index in [1.807, 2.05) is 24.3 Å². The van der Waals surface area contributed by atoms with Crippen LogP contribution < -0.4 is 10.0 Å². The van der Waals surface area contributed by atoms with Crippen molar-refractivity contribution in [1.29, 1.82) is 0 Å². The molecule has 2 aromatic rings. The van der Waals surface area contributed by atoms with Crippen LogP contribution in [0.3, 0.4) is 0 Å². The molecule has 0 fully saturated rings. The van der Waals surface area contributed by atoms with Gasteiger partial charge in [-0.05, 0) is 59.4 Å². The van der Waals surface area contributed by atoms with Crippen molar-refractivity contribution >= 4 is 41.9 Å². The zero-order valence-electron chi connectivity index (χ0n) is 13.9. The Balaban J connectivity index is 2.02. The van der Waals surface area contributed by atoms with Crippen LogP contribution in [-0.4, -0.2) is 20.1 Å². The fourth-order valence-corrected chi connectivity index (χ4v) is 3.71. The van der Waals surface area contributed by atoms with Crippen LogP contribution in [0.15, 0.2) is 52.5 Å². The fourth-order valence-electron chi connectivity index (χ4n) is 2.56. The minimum absolute atomic E-state index is 0.157. The zero-order chi connectivity index (χ0) is 18.7. The first kappa shape index (κ1) is 18.5. The SMILES string of the molecule is C#Cc1cccc(Nc2ccc(S(=O)(=O)NC)cc2[C@@H]2CC(Br)=NO2)c1. The first-order chi connectivity index (χ1) is 12.4. The van der Waals surface area contributed by atoms with Gasteiger partial charge in [0.2, 0.25) is 10.0 Å². The van der Waals surface area contributed by atoms with Crippen molar-refractivity contribution in [2.45, 2.75) is 17.4 Å². The van der Waals surface area contributed by atoms with Crippen molar-refractivity contribution in [3.05, 3.63) is 53.6 Å². The summed E-state index contributed by atoms with van der Waals surface area (Å²) >= 11 is 3.31. The van der Waals surface area contributed by atoms with Gasteiger partial charge < -0.3 is 10.2 Å². The average Bonchev–Trinajstić information content (AvgIpc) is 3.08. The van der Waals surface area contributed by atoms with E-state index in [-0.39, 0.29) is 4.90 Å². The van der Waals surface area contributed by atoms with E-state index in [0.29, 0.717) is 16.6 Å². The third kappa shape index (κ3) is 3.90. The van der Waals surface area contributed by atoms with Gasteiger partial charge in [-0.15, -0.1) is 6.42 Å². The maximum Gasteiger partial charge on any atom is 0.240 e. The maximum absolute atomic E-state index is 12.2. The van der Waals surface area contributed by atoms with E-state index < -0.39 is 16.1 Å². The zero-order valence-corrected chi connectivity index (χ0v) is 16.3. The number of benzene rings is 2. The standard InChI is InChI=1S/C18H16BrN3O3S/c1-3-12-5-4-6-13(9-12)21-16-8-7-14(26(23,24)20-2)10-15(16)17-11-18(19)22-25-17/h1,4-10,17,20-21H,11H2,2H3/t17-/m0/s1. The van der Waals surface area contributed by atoms with Crippen molar-refractivity contribution in [2.24, 2.45) is 5.16 Å². The van der Waals surface area contributed by atoms with Crippen molar-refractivity contribution < 1.29 is 13.3 Å². The lowest BCUT2D eigenvalue weighted by molar-refractivity contribution is 0.0861. The van der Waals surface area contributed by atoms with Crippen LogP contribution in [0.1, 0.15) is 23.7 Å².